The van der Waals surface area contributed by atoms with E-state index < -0.39 is 0 Å². The maximum Gasteiger partial charge on any atom is 0.221 e. The van der Waals surface area contributed by atoms with Crippen LogP contribution in [0.15, 0.2) is 28.8 Å². The molecule has 0 amide bonds. The summed E-state index contributed by atoms with van der Waals surface area (Å²) in [5, 5.41) is 0. The van der Waals surface area contributed by atoms with Crippen LogP contribution in [0.4, 0.5) is 11.8 Å². The number of fused-ring (bicyclic) bond motifs is 1. The molecule has 0 aliphatic heterocycles. The first-order chi connectivity index (χ1) is 8.63. The molecular formula is C12H11N5O. The summed E-state index contributed by atoms with van der Waals surface area (Å²) in [6.45, 7) is 1.81. The zero-order valence-electron chi connectivity index (χ0n) is 9.71. The number of rotatable bonds is 1. The van der Waals surface area contributed by atoms with Crippen LogP contribution in [0.1, 0.15) is 5.89 Å². The van der Waals surface area contributed by atoms with Gasteiger partial charge in [-0.1, -0.05) is 6.07 Å². The normalized spacial score (nSPS) is 10.9. The van der Waals surface area contributed by atoms with Crippen LogP contribution < -0.4 is 11.5 Å². The molecule has 1 aromatic carbocycles. The molecule has 0 saturated carbocycles. The summed E-state index contributed by atoms with van der Waals surface area (Å²) in [5.74, 6) is 1.14. The zero-order valence-corrected chi connectivity index (χ0v) is 9.71. The molecule has 90 valence electrons. The molecule has 6 heteroatoms. The second-order valence-electron chi connectivity index (χ2n) is 3.94. The van der Waals surface area contributed by atoms with Crippen LogP contribution in [0.25, 0.3) is 22.2 Å². The smallest absolute Gasteiger partial charge is 0.221 e. The van der Waals surface area contributed by atoms with E-state index in [4.69, 9.17) is 15.9 Å². The second-order valence-corrected chi connectivity index (χ2v) is 3.94. The number of nitrogens with two attached hydrogens (primary N) is 2. The van der Waals surface area contributed by atoms with Gasteiger partial charge in [-0.15, -0.1) is 0 Å². The number of oxazole rings is 1. The molecule has 3 rings (SSSR count). The van der Waals surface area contributed by atoms with Gasteiger partial charge in [-0.2, -0.15) is 4.98 Å². The maximum absolute atomic E-state index is 5.83. The van der Waals surface area contributed by atoms with Crippen molar-refractivity contribution >= 4 is 22.9 Å². The quantitative estimate of drug-likeness (QED) is 0.672. The lowest BCUT2D eigenvalue weighted by atomic mass is 10.1. The Morgan fingerprint density at radius 2 is 2.00 bits per heavy atom. The van der Waals surface area contributed by atoms with Crippen molar-refractivity contribution in [3.63, 3.8) is 0 Å². The maximum atomic E-state index is 5.83. The summed E-state index contributed by atoms with van der Waals surface area (Å²) in [4.78, 5) is 12.2. The Morgan fingerprint density at radius 3 is 2.78 bits per heavy atom. The molecule has 18 heavy (non-hydrogen) atoms. The van der Waals surface area contributed by atoms with Crippen LogP contribution in [-0.2, 0) is 0 Å². The van der Waals surface area contributed by atoms with E-state index in [1.165, 1.54) is 0 Å². The van der Waals surface area contributed by atoms with Crippen LogP contribution in [0.5, 0.6) is 0 Å². The highest BCUT2D eigenvalue weighted by molar-refractivity contribution is 5.83. The van der Waals surface area contributed by atoms with E-state index in [2.05, 4.69) is 15.0 Å². The van der Waals surface area contributed by atoms with Gasteiger partial charge in [0.25, 0.3) is 0 Å². The van der Waals surface area contributed by atoms with Gasteiger partial charge >= 0.3 is 0 Å². The predicted molar refractivity (Wildman–Crippen MR) is 68.6 cm³/mol. The molecule has 0 spiro atoms. The molecule has 6 nitrogen and oxygen atoms in total. The fourth-order valence-corrected chi connectivity index (χ4v) is 1.84. The number of hydrogen-bond acceptors (Lipinski definition) is 6. The molecule has 0 unspecified atom stereocenters. The Morgan fingerprint density at radius 1 is 1.17 bits per heavy atom. The van der Waals surface area contributed by atoms with Crippen molar-refractivity contribution < 1.29 is 4.42 Å². The lowest BCUT2D eigenvalue weighted by Crippen LogP contribution is -2.00. The number of nitrogens with zero attached hydrogens (tertiary/aromatic N) is 3. The first kappa shape index (κ1) is 10.5. The molecule has 3 aromatic rings. The van der Waals surface area contributed by atoms with Crippen molar-refractivity contribution in [2.45, 2.75) is 6.92 Å². The highest BCUT2D eigenvalue weighted by Crippen LogP contribution is 2.27. The highest BCUT2D eigenvalue weighted by Gasteiger charge is 2.08. The van der Waals surface area contributed by atoms with Crippen molar-refractivity contribution in [2.75, 3.05) is 11.5 Å². The molecule has 0 fully saturated rings. The molecular weight excluding hydrogens is 230 g/mol. The topological polar surface area (TPSA) is 104 Å². The lowest BCUT2D eigenvalue weighted by molar-refractivity contribution is 0.561. The van der Waals surface area contributed by atoms with E-state index in [1.54, 1.807) is 13.1 Å². The Balaban J connectivity index is 2.18. The lowest BCUT2D eigenvalue weighted by Gasteiger charge is -2.04. The molecule has 0 atom stereocenters. The molecule has 4 N–H and O–H groups in total. The summed E-state index contributed by atoms with van der Waals surface area (Å²) < 4.78 is 5.41. The van der Waals surface area contributed by atoms with Crippen LogP contribution in [0, 0.1) is 6.92 Å². The predicted octanol–water partition coefficient (Wildman–Crippen LogP) is 1.76. The largest absolute Gasteiger partial charge is 0.441 e. The van der Waals surface area contributed by atoms with E-state index in [0.29, 0.717) is 11.7 Å². The van der Waals surface area contributed by atoms with Gasteiger partial charge in [0.1, 0.15) is 11.3 Å². The van der Waals surface area contributed by atoms with Crippen LogP contribution in [0.2, 0.25) is 0 Å². The third-order valence-corrected chi connectivity index (χ3v) is 2.64. The van der Waals surface area contributed by atoms with Crippen molar-refractivity contribution in [1.29, 1.82) is 0 Å². The minimum atomic E-state index is 0.162. The van der Waals surface area contributed by atoms with Gasteiger partial charge in [0.15, 0.2) is 11.5 Å². The second kappa shape index (κ2) is 3.69. The molecule has 2 aromatic heterocycles. The number of nitrogen functional groups attached to an aromatic ring is 2. The van der Waals surface area contributed by atoms with Crippen molar-refractivity contribution in [3.05, 3.63) is 30.3 Å². The SMILES string of the molecule is Cc1nc2cc(-c3cnc(N)nc3N)ccc2o1. The summed E-state index contributed by atoms with van der Waals surface area (Å²) in [5.41, 5.74) is 14.4. The first-order valence-corrected chi connectivity index (χ1v) is 5.39. The van der Waals surface area contributed by atoms with Gasteiger partial charge in [-0.05, 0) is 17.7 Å². The summed E-state index contributed by atoms with van der Waals surface area (Å²) in [6, 6.07) is 5.62. The van der Waals surface area contributed by atoms with Gasteiger partial charge < -0.3 is 15.9 Å². The van der Waals surface area contributed by atoms with Crippen molar-refractivity contribution in [3.8, 4) is 11.1 Å². The van der Waals surface area contributed by atoms with Crippen LogP contribution in [-0.4, -0.2) is 15.0 Å². The first-order valence-electron chi connectivity index (χ1n) is 5.39. The Labute approximate surface area is 103 Å². The molecule has 0 saturated heterocycles. The Bertz CT molecular complexity index is 734. The van der Waals surface area contributed by atoms with Gasteiger partial charge in [0.05, 0.1) is 0 Å². The number of benzene rings is 1. The van der Waals surface area contributed by atoms with Gasteiger partial charge in [-0.25, -0.2) is 9.97 Å². The van der Waals surface area contributed by atoms with E-state index in [1.807, 2.05) is 18.2 Å². The summed E-state index contributed by atoms with van der Waals surface area (Å²) in [6.07, 6.45) is 1.60. The van der Waals surface area contributed by atoms with E-state index in [0.717, 1.165) is 22.2 Å². The highest BCUT2D eigenvalue weighted by atomic mass is 16.3. The number of aromatic nitrogens is 3. The number of hydrogen-bond donors (Lipinski definition) is 2. The Kier molecular flexibility index (Phi) is 2.16. The molecule has 0 aliphatic rings. The van der Waals surface area contributed by atoms with Crippen LogP contribution in [0.3, 0.4) is 0 Å². The van der Waals surface area contributed by atoms with E-state index in [-0.39, 0.29) is 5.95 Å². The molecule has 0 aliphatic carbocycles. The van der Waals surface area contributed by atoms with Gasteiger partial charge in [-0.3, -0.25) is 0 Å². The number of aryl methyl sites for hydroxylation is 1. The standard InChI is InChI=1S/C12H11N5O/c1-6-16-9-4-7(2-3-10(9)18-6)8-5-15-12(14)17-11(8)13/h2-5H,1H3,(H4,13,14,15,17). The van der Waals surface area contributed by atoms with Gasteiger partial charge in [0.2, 0.25) is 5.95 Å². The molecule has 2 heterocycles. The average molecular weight is 241 g/mol. The summed E-state index contributed by atoms with van der Waals surface area (Å²) in [7, 11) is 0. The fraction of sp³-hybridized carbons (Fsp3) is 0.0833. The third kappa shape index (κ3) is 1.64. The fourth-order valence-electron chi connectivity index (χ4n) is 1.84. The van der Waals surface area contributed by atoms with Gasteiger partial charge in [0, 0.05) is 18.7 Å². The van der Waals surface area contributed by atoms with E-state index in [9.17, 15) is 0 Å². The molecule has 0 radical (unpaired) electrons. The zero-order chi connectivity index (χ0) is 12.7. The monoisotopic (exact) mass is 241 g/mol. The van der Waals surface area contributed by atoms with Crippen molar-refractivity contribution in [1.82, 2.24) is 15.0 Å². The third-order valence-electron chi connectivity index (χ3n) is 2.64. The average Bonchev–Trinajstić information content (AvgIpc) is 2.68. The molecule has 0 bridgehead atoms. The number of anilines is 2. The Hall–Kier alpha value is -2.63. The minimum absolute atomic E-state index is 0.162. The van der Waals surface area contributed by atoms with Crippen molar-refractivity contribution in [2.24, 2.45) is 0 Å². The van der Waals surface area contributed by atoms with E-state index >= 15 is 0 Å². The van der Waals surface area contributed by atoms with Crippen LogP contribution >= 0.6 is 0 Å². The minimum Gasteiger partial charge on any atom is -0.441 e. The summed E-state index contributed by atoms with van der Waals surface area (Å²) >= 11 is 0.